The number of nitrogens with zero attached hydrogens (tertiary/aromatic N) is 4. The zero-order valence-corrected chi connectivity index (χ0v) is 20.3. The van der Waals surface area contributed by atoms with E-state index in [-0.39, 0.29) is 17.7 Å². The Morgan fingerprint density at radius 1 is 1.17 bits per heavy atom. The molecule has 2 fully saturated rings. The number of fused-ring (bicyclic) bond motifs is 1. The van der Waals surface area contributed by atoms with Crippen molar-refractivity contribution in [3.05, 3.63) is 58.0 Å². The molecule has 1 saturated carbocycles. The second kappa shape index (κ2) is 10.1. The molecule has 3 heterocycles. The fraction of sp³-hybridized carbons (Fsp3) is 0.462. The normalized spacial score (nSPS) is 16.2. The van der Waals surface area contributed by atoms with Gasteiger partial charge in [0, 0.05) is 30.7 Å². The quantitative estimate of drug-likeness (QED) is 0.455. The Hall–Kier alpha value is -3.30. The summed E-state index contributed by atoms with van der Waals surface area (Å²) < 4.78 is 1.91. The summed E-state index contributed by atoms with van der Waals surface area (Å²) in [5, 5.41) is 3.57. The molecule has 0 spiro atoms. The number of hydroxylamine groups is 1. The van der Waals surface area contributed by atoms with Crippen LogP contribution in [0.25, 0.3) is 11.0 Å². The fourth-order valence-corrected chi connectivity index (χ4v) is 4.39. The zero-order valence-electron chi connectivity index (χ0n) is 20.3. The van der Waals surface area contributed by atoms with E-state index in [1.54, 1.807) is 20.0 Å². The summed E-state index contributed by atoms with van der Waals surface area (Å²) in [6, 6.07) is 8.53. The van der Waals surface area contributed by atoms with Crippen LogP contribution in [0.1, 0.15) is 61.5 Å². The van der Waals surface area contributed by atoms with Crippen LogP contribution in [0.2, 0.25) is 0 Å². The second-order valence-electron chi connectivity index (χ2n) is 9.66. The van der Waals surface area contributed by atoms with Gasteiger partial charge in [-0.25, -0.2) is 10.5 Å². The molecule has 3 aromatic rings. The first-order valence-corrected chi connectivity index (χ1v) is 12.4. The smallest absolute Gasteiger partial charge is 0.280 e. The Kier molecular flexibility index (Phi) is 6.79. The van der Waals surface area contributed by atoms with Gasteiger partial charge in [-0.15, -0.1) is 0 Å². The van der Waals surface area contributed by atoms with Crippen LogP contribution in [-0.4, -0.2) is 51.1 Å². The minimum atomic E-state index is -0.563. The molecule has 35 heavy (non-hydrogen) atoms. The molecule has 0 atom stereocenters. The summed E-state index contributed by atoms with van der Waals surface area (Å²) >= 11 is 0. The number of amides is 1. The first kappa shape index (κ1) is 23.4. The summed E-state index contributed by atoms with van der Waals surface area (Å²) in [4.78, 5) is 42.3. The largest absolute Gasteiger partial charge is 0.328 e. The summed E-state index contributed by atoms with van der Waals surface area (Å²) in [6.45, 7) is 7.12. The molecule has 1 aliphatic carbocycles. The van der Waals surface area contributed by atoms with E-state index in [0.29, 0.717) is 17.0 Å². The van der Waals surface area contributed by atoms with Gasteiger partial charge in [0.2, 0.25) is 11.4 Å². The molecule has 5 rings (SSSR count). The highest BCUT2D eigenvalue weighted by Crippen LogP contribution is 2.36. The molecule has 2 aliphatic rings. The van der Waals surface area contributed by atoms with Gasteiger partial charge in [0.25, 0.3) is 5.91 Å². The van der Waals surface area contributed by atoms with Crippen LogP contribution in [0.15, 0.2) is 41.5 Å². The first-order chi connectivity index (χ1) is 17.0. The summed E-state index contributed by atoms with van der Waals surface area (Å²) in [6.07, 6.45) is 8.51. The number of carbonyl (C=O) groups is 1. The van der Waals surface area contributed by atoms with Gasteiger partial charge in [0.1, 0.15) is 11.2 Å². The molecule has 184 valence electrons. The van der Waals surface area contributed by atoms with Gasteiger partial charge in [-0.2, -0.15) is 4.98 Å². The van der Waals surface area contributed by atoms with E-state index in [0.717, 1.165) is 31.5 Å². The van der Waals surface area contributed by atoms with Crippen molar-refractivity contribution in [3.8, 4) is 0 Å². The number of benzene rings is 1. The molecule has 1 aromatic carbocycles. The van der Waals surface area contributed by atoms with Gasteiger partial charge < -0.3 is 14.8 Å². The van der Waals surface area contributed by atoms with Crippen LogP contribution in [0, 0.1) is 0 Å². The van der Waals surface area contributed by atoms with Crippen molar-refractivity contribution in [2.24, 2.45) is 0 Å². The lowest BCUT2D eigenvalue weighted by Gasteiger charge is -2.15. The Morgan fingerprint density at radius 2 is 1.91 bits per heavy atom. The average molecular weight is 477 g/mol. The monoisotopic (exact) mass is 476 g/mol. The molecule has 0 bridgehead atoms. The molecule has 0 unspecified atom stereocenters. The molecule has 0 radical (unpaired) electrons. The number of rotatable bonds is 9. The highest BCUT2D eigenvalue weighted by molar-refractivity contribution is 5.96. The third-order valence-corrected chi connectivity index (χ3v) is 6.47. The van der Waals surface area contributed by atoms with Crippen molar-refractivity contribution < 1.29 is 9.63 Å². The van der Waals surface area contributed by atoms with Crippen LogP contribution < -0.4 is 16.2 Å². The van der Waals surface area contributed by atoms with Crippen molar-refractivity contribution in [2.75, 3.05) is 25.0 Å². The molecule has 1 amide bonds. The summed E-state index contributed by atoms with van der Waals surface area (Å²) in [5.74, 6) is -0.150. The molecular weight excluding hydrogens is 444 g/mol. The van der Waals surface area contributed by atoms with E-state index in [9.17, 15) is 9.59 Å². The summed E-state index contributed by atoms with van der Waals surface area (Å²) in [5.41, 5.74) is 4.69. The third kappa shape index (κ3) is 5.52. The lowest BCUT2D eigenvalue weighted by Crippen LogP contribution is -2.32. The topological polar surface area (TPSA) is 101 Å². The number of hydrogen-bond acceptors (Lipinski definition) is 7. The van der Waals surface area contributed by atoms with Crippen LogP contribution in [0.4, 0.5) is 11.6 Å². The first-order valence-electron chi connectivity index (χ1n) is 12.4. The third-order valence-electron chi connectivity index (χ3n) is 6.47. The van der Waals surface area contributed by atoms with Crippen molar-refractivity contribution >= 4 is 28.6 Å². The number of likely N-dealkylation sites (tertiary alicyclic amines) is 1. The van der Waals surface area contributed by atoms with E-state index in [1.165, 1.54) is 37.7 Å². The molecule has 9 nitrogen and oxygen atoms in total. The molecule has 1 saturated heterocycles. The molecule has 2 N–H and O–H groups in total. The highest BCUT2D eigenvalue weighted by Gasteiger charge is 2.28. The van der Waals surface area contributed by atoms with Crippen LogP contribution in [0.5, 0.6) is 0 Å². The number of pyridine rings is 1. The predicted octanol–water partition coefficient (Wildman–Crippen LogP) is 3.58. The van der Waals surface area contributed by atoms with Crippen molar-refractivity contribution in [1.29, 1.82) is 0 Å². The van der Waals surface area contributed by atoms with Crippen molar-refractivity contribution in [2.45, 2.75) is 58.1 Å². The van der Waals surface area contributed by atoms with E-state index < -0.39 is 11.3 Å². The van der Waals surface area contributed by atoms with Crippen molar-refractivity contribution in [1.82, 2.24) is 24.9 Å². The number of hydrogen-bond donors (Lipinski definition) is 2. The minimum absolute atomic E-state index is 0.0267. The van der Waals surface area contributed by atoms with E-state index >= 15 is 0 Å². The molecule has 9 heteroatoms. The standard InChI is InChI=1S/C26H32N6O3/c1-17(2)35-30-25(34)22-16-32(20-9-10-20)24-21(23(22)33)15-27-26(29-24)28-19-7-5-18(6-8-19)11-14-31-12-3-4-13-31/h5-8,15-17,20H,3-4,9-14H2,1-2H3,(H,30,34)(H,27,28,29). The SMILES string of the molecule is CC(C)ONC(=O)c1cn(C2CC2)c2nc(Nc3ccc(CCN4CCCC4)cc3)ncc2c1=O. The minimum Gasteiger partial charge on any atom is -0.328 e. The van der Waals surface area contributed by atoms with Crippen LogP contribution >= 0.6 is 0 Å². The number of anilines is 2. The number of nitrogens with one attached hydrogen (secondary N) is 2. The van der Waals surface area contributed by atoms with E-state index in [4.69, 9.17) is 4.84 Å². The molecule has 2 aromatic heterocycles. The lowest BCUT2D eigenvalue weighted by atomic mass is 10.1. The number of carbonyl (C=O) groups excluding carboxylic acids is 1. The van der Waals surface area contributed by atoms with Gasteiger partial charge in [-0.05, 0) is 76.7 Å². The highest BCUT2D eigenvalue weighted by atomic mass is 16.7. The zero-order chi connectivity index (χ0) is 24.4. The molecule has 1 aliphatic heterocycles. The summed E-state index contributed by atoms with van der Waals surface area (Å²) in [7, 11) is 0. The maximum atomic E-state index is 13.0. The van der Waals surface area contributed by atoms with Gasteiger partial charge >= 0.3 is 0 Å². The maximum Gasteiger partial charge on any atom is 0.280 e. The van der Waals surface area contributed by atoms with Gasteiger partial charge in [0.15, 0.2) is 0 Å². The van der Waals surface area contributed by atoms with Crippen molar-refractivity contribution in [3.63, 3.8) is 0 Å². The van der Waals surface area contributed by atoms with Crippen LogP contribution in [-0.2, 0) is 11.3 Å². The van der Waals surface area contributed by atoms with Gasteiger partial charge in [-0.1, -0.05) is 12.1 Å². The Morgan fingerprint density at radius 3 is 2.60 bits per heavy atom. The Bertz CT molecular complexity index is 1260. The van der Waals surface area contributed by atoms with E-state index in [2.05, 4.69) is 37.8 Å². The van der Waals surface area contributed by atoms with Gasteiger partial charge in [0.05, 0.1) is 11.5 Å². The Labute approximate surface area is 204 Å². The van der Waals surface area contributed by atoms with Crippen LogP contribution in [0.3, 0.4) is 0 Å². The van der Waals surface area contributed by atoms with E-state index in [1.807, 2.05) is 16.7 Å². The number of aromatic nitrogens is 3. The Balaban J connectivity index is 1.35. The average Bonchev–Trinajstić information content (AvgIpc) is 3.56. The molecular formula is C26H32N6O3. The predicted molar refractivity (Wildman–Crippen MR) is 135 cm³/mol. The van der Waals surface area contributed by atoms with Gasteiger partial charge in [-0.3, -0.25) is 14.4 Å². The maximum absolute atomic E-state index is 13.0. The fourth-order valence-electron chi connectivity index (χ4n) is 4.39. The lowest BCUT2D eigenvalue weighted by molar-refractivity contribution is 0.0000830. The second-order valence-corrected chi connectivity index (χ2v) is 9.66.